The molecule has 3 atom stereocenters. The van der Waals surface area contributed by atoms with Crippen molar-refractivity contribution in [3.8, 4) is 0 Å². The van der Waals surface area contributed by atoms with Crippen molar-refractivity contribution in [2.45, 2.75) is 51.2 Å². The molecular formula is C11H22N2. The fraction of sp³-hybridized carbons (Fsp3) is 1.00. The van der Waals surface area contributed by atoms with Gasteiger partial charge in [0.25, 0.3) is 0 Å². The summed E-state index contributed by atoms with van der Waals surface area (Å²) >= 11 is 0. The largest absolute Gasteiger partial charge is 0.298 e. The third-order valence-corrected chi connectivity index (χ3v) is 4.09. The molecule has 76 valence electrons. The summed E-state index contributed by atoms with van der Waals surface area (Å²) in [5, 5.41) is 0. The van der Waals surface area contributed by atoms with E-state index in [0.717, 1.165) is 18.1 Å². The number of rotatable bonds is 2. The first-order valence-corrected chi connectivity index (χ1v) is 5.68. The van der Waals surface area contributed by atoms with Gasteiger partial charge in [0.2, 0.25) is 0 Å². The maximum atomic E-state index is 2.68. The summed E-state index contributed by atoms with van der Waals surface area (Å²) in [5.74, 6) is 0. The fourth-order valence-electron chi connectivity index (χ4n) is 2.76. The highest BCUT2D eigenvalue weighted by Crippen LogP contribution is 2.29. The van der Waals surface area contributed by atoms with E-state index in [-0.39, 0.29) is 0 Å². The van der Waals surface area contributed by atoms with Crippen molar-refractivity contribution in [1.82, 2.24) is 9.80 Å². The van der Waals surface area contributed by atoms with Crippen LogP contribution >= 0.6 is 0 Å². The molecule has 0 aromatic rings. The first-order valence-electron chi connectivity index (χ1n) is 5.68. The van der Waals surface area contributed by atoms with Crippen molar-refractivity contribution < 1.29 is 0 Å². The predicted molar refractivity (Wildman–Crippen MR) is 55.9 cm³/mol. The molecule has 2 fully saturated rings. The minimum Gasteiger partial charge on any atom is -0.298 e. The van der Waals surface area contributed by atoms with Crippen molar-refractivity contribution in [2.75, 3.05) is 20.1 Å². The van der Waals surface area contributed by atoms with Gasteiger partial charge in [0.15, 0.2) is 0 Å². The van der Waals surface area contributed by atoms with E-state index in [0.29, 0.717) is 0 Å². The maximum absolute atomic E-state index is 2.68. The number of piperazine rings is 1. The van der Waals surface area contributed by atoms with Crippen LogP contribution in [0.4, 0.5) is 0 Å². The van der Waals surface area contributed by atoms with E-state index in [2.05, 4.69) is 30.7 Å². The summed E-state index contributed by atoms with van der Waals surface area (Å²) < 4.78 is 0. The molecule has 0 radical (unpaired) electrons. The Labute approximate surface area is 81.9 Å². The van der Waals surface area contributed by atoms with E-state index in [9.17, 15) is 0 Å². The van der Waals surface area contributed by atoms with E-state index in [1.165, 1.54) is 32.4 Å². The molecule has 0 aromatic carbocycles. The van der Waals surface area contributed by atoms with Crippen LogP contribution in [0.15, 0.2) is 0 Å². The highest BCUT2D eigenvalue weighted by molar-refractivity contribution is 4.95. The molecule has 0 spiro atoms. The van der Waals surface area contributed by atoms with Crippen LogP contribution in [-0.4, -0.2) is 48.1 Å². The number of hydrogen-bond donors (Lipinski definition) is 0. The Kier molecular flexibility index (Phi) is 2.61. The first-order chi connectivity index (χ1) is 6.22. The lowest BCUT2D eigenvalue weighted by molar-refractivity contribution is 0.0619. The molecule has 2 aliphatic rings. The Morgan fingerprint density at radius 3 is 2.23 bits per heavy atom. The molecule has 2 heteroatoms. The summed E-state index contributed by atoms with van der Waals surface area (Å²) in [7, 11) is 2.30. The average molecular weight is 182 g/mol. The number of nitrogens with zero attached hydrogens (tertiary/aromatic N) is 2. The smallest absolute Gasteiger partial charge is 0.0224 e. The van der Waals surface area contributed by atoms with Gasteiger partial charge in [-0.15, -0.1) is 0 Å². The van der Waals surface area contributed by atoms with Crippen LogP contribution in [0.1, 0.15) is 33.1 Å². The zero-order chi connectivity index (χ0) is 9.42. The molecule has 3 unspecified atom stereocenters. The quantitative estimate of drug-likeness (QED) is 0.639. The molecule has 2 saturated heterocycles. The second kappa shape index (κ2) is 3.58. The lowest BCUT2D eigenvalue weighted by Crippen LogP contribution is -2.54. The van der Waals surface area contributed by atoms with Gasteiger partial charge in [0.05, 0.1) is 0 Å². The lowest BCUT2D eigenvalue weighted by Gasteiger charge is -2.41. The average Bonchev–Trinajstić information content (AvgIpc) is 2.42. The minimum atomic E-state index is 0.789. The zero-order valence-electron chi connectivity index (χ0n) is 9.16. The van der Waals surface area contributed by atoms with E-state index in [1.807, 2.05) is 0 Å². The number of likely N-dealkylation sites (tertiary alicyclic amines) is 1. The van der Waals surface area contributed by atoms with Crippen LogP contribution in [0.5, 0.6) is 0 Å². The second-order valence-corrected chi connectivity index (χ2v) is 4.76. The molecular weight excluding hydrogens is 160 g/mol. The SMILES string of the molecule is CCC(C)N1CC2CCC(C1)N2C. The van der Waals surface area contributed by atoms with Crippen molar-refractivity contribution in [3.05, 3.63) is 0 Å². The van der Waals surface area contributed by atoms with Crippen LogP contribution in [0.25, 0.3) is 0 Å². The van der Waals surface area contributed by atoms with Crippen LogP contribution in [0.2, 0.25) is 0 Å². The summed E-state index contributed by atoms with van der Waals surface area (Å²) in [4.78, 5) is 5.28. The number of hydrogen-bond acceptors (Lipinski definition) is 2. The van der Waals surface area contributed by atoms with Gasteiger partial charge in [0, 0.05) is 31.2 Å². The Bertz CT molecular complexity index is 167. The molecule has 0 saturated carbocycles. The fourth-order valence-corrected chi connectivity index (χ4v) is 2.76. The van der Waals surface area contributed by atoms with Crippen LogP contribution in [-0.2, 0) is 0 Å². The topological polar surface area (TPSA) is 6.48 Å². The highest BCUT2D eigenvalue weighted by atomic mass is 15.3. The van der Waals surface area contributed by atoms with Crippen molar-refractivity contribution >= 4 is 0 Å². The molecule has 2 heterocycles. The Morgan fingerprint density at radius 2 is 1.77 bits per heavy atom. The Morgan fingerprint density at radius 1 is 1.23 bits per heavy atom. The molecule has 0 aromatic heterocycles. The van der Waals surface area contributed by atoms with E-state index in [4.69, 9.17) is 0 Å². The number of likely N-dealkylation sites (N-methyl/N-ethyl adjacent to an activating group) is 1. The molecule has 0 aliphatic carbocycles. The van der Waals surface area contributed by atoms with Crippen molar-refractivity contribution in [2.24, 2.45) is 0 Å². The standard InChI is InChI=1S/C11H22N2/c1-4-9(2)13-7-10-5-6-11(8-13)12(10)3/h9-11H,4-8H2,1-3H3. The van der Waals surface area contributed by atoms with Gasteiger partial charge in [-0.05, 0) is 33.2 Å². The van der Waals surface area contributed by atoms with E-state index in [1.54, 1.807) is 0 Å². The van der Waals surface area contributed by atoms with Crippen molar-refractivity contribution in [1.29, 1.82) is 0 Å². The normalized spacial score (nSPS) is 38.1. The van der Waals surface area contributed by atoms with Crippen LogP contribution < -0.4 is 0 Å². The monoisotopic (exact) mass is 182 g/mol. The Balaban J connectivity index is 1.98. The molecule has 2 nitrogen and oxygen atoms in total. The molecule has 0 N–H and O–H groups in total. The van der Waals surface area contributed by atoms with Gasteiger partial charge in [0.1, 0.15) is 0 Å². The van der Waals surface area contributed by atoms with Gasteiger partial charge in [-0.3, -0.25) is 9.80 Å². The predicted octanol–water partition coefficient (Wildman–Crippen LogP) is 1.56. The van der Waals surface area contributed by atoms with Gasteiger partial charge in [-0.2, -0.15) is 0 Å². The summed E-state index contributed by atoms with van der Waals surface area (Å²) in [6.07, 6.45) is 4.14. The zero-order valence-corrected chi connectivity index (χ0v) is 9.16. The van der Waals surface area contributed by atoms with E-state index < -0.39 is 0 Å². The van der Waals surface area contributed by atoms with Gasteiger partial charge >= 0.3 is 0 Å². The number of fused-ring (bicyclic) bond motifs is 2. The van der Waals surface area contributed by atoms with Crippen LogP contribution in [0.3, 0.4) is 0 Å². The molecule has 0 amide bonds. The van der Waals surface area contributed by atoms with Gasteiger partial charge in [-0.1, -0.05) is 6.92 Å². The van der Waals surface area contributed by atoms with Crippen molar-refractivity contribution in [3.63, 3.8) is 0 Å². The third kappa shape index (κ3) is 1.62. The summed E-state index contributed by atoms with van der Waals surface area (Å²) in [5.41, 5.74) is 0. The third-order valence-electron chi connectivity index (χ3n) is 4.09. The maximum Gasteiger partial charge on any atom is 0.0224 e. The second-order valence-electron chi connectivity index (χ2n) is 4.76. The molecule has 2 rings (SSSR count). The van der Waals surface area contributed by atoms with Gasteiger partial charge in [-0.25, -0.2) is 0 Å². The lowest BCUT2D eigenvalue weighted by atomic mass is 10.1. The summed E-state index contributed by atoms with van der Waals surface area (Å²) in [6.45, 7) is 7.28. The first kappa shape index (κ1) is 9.47. The minimum absolute atomic E-state index is 0.789. The summed E-state index contributed by atoms with van der Waals surface area (Å²) in [6, 6.07) is 2.50. The van der Waals surface area contributed by atoms with Crippen LogP contribution in [0, 0.1) is 0 Å². The molecule has 13 heavy (non-hydrogen) atoms. The van der Waals surface area contributed by atoms with E-state index >= 15 is 0 Å². The Hall–Kier alpha value is -0.0800. The highest BCUT2D eigenvalue weighted by Gasteiger charge is 2.38. The molecule has 2 bridgehead atoms. The van der Waals surface area contributed by atoms with Gasteiger partial charge < -0.3 is 0 Å². The molecule has 2 aliphatic heterocycles.